The van der Waals surface area contributed by atoms with Crippen molar-refractivity contribution < 1.29 is 9.47 Å². The fraction of sp³-hybridized carbons (Fsp3) is 0.294. The predicted molar refractivity (Wildman–Crippen MR) is 75.7 cm³/mol. The molecule has 3 rings (SSSR count). The summed E-state index contributed by atoms with van der Waals surface area (Å²) in [5.41, 5.74) is 2.19. The number of aryl methyl sites for hydroxylation is 1. The summed E-state index contributed by atoms with van der Waals surface area (Å²) in [6, 6.07) is 16.4. The number of hydrogen-bond acceptors (Lipinski definition) is 2. The van der Waals surface area contributed by atoms with Crippen molar-refractivity contribution in [3.8, 4) is 11.5 Å². The monoisotopic (exact) mass is 254 g/mol. The zero-order valence-corrected chi connectivity index (χ0v) is 11.3. The minimum atomic E-state index is -0.275. The van der Waals surface area contributed by atoms with Crippen molar-refractivity contribution in [1.82, 2.24) is 0 Å². The molecule has 0 amide bonds. The molecule has 0 saturated heterocycles. The van der Waals surface area contributed by atoms with E-state index in [-0.39, 0.29) is 5.60 Å². The second-order valence-corrected chi connectivity index (χ2v) is 5.17. The molecule has 0 N–H and O–H groups in total. The van der Waals surface area contributed by atoms with Crippen LogP contribution in [0.5, 0.6) is 11.5 Å². The van der Waals surface area contributed by atoms with Crippen molar-refractivity contribution in [3.05, 3.63) is 59.7 Å². The molecule has 1 heterocycles. The maximum atomic E-state index is 6.25. The van der Waals surface area contributed by atoms with Gasteiger partial charge in [-0.2, -0.15) is 0 Å². The van der Waals surface area contributed by atoms with E-state index in [1.807, 2.05) is 24.3 Å². The molecule has 1 atom stereocenters. The van der Waals surface area contributed by atoms with Gasteiger partial charge < -0.3 is 9.47 Å². The quantitative estimate of drug-likeness (QED) is 0.808. The SMILES string of the molecule is COc1cccc(C2(C)CCc3ccccc3O2)c1. The summed E-state index contributed by atoms with van der Waals surface area (Å²) in [6.07, 6.45) is 2.03. The minimum Gasteiger partial charge on any atom is -0.497 e. The molecule has 98 valence electrons. The molecule has 0 radical (unpaired) electrons. The lowest BCUT2D eigenvalue weighted by atomic mass is 9.86. The summed E-state index contributed by atoms with van der Waals surface area (Å²) >= 11 is 0. The van der Waals surface area contributed by atoms with E-state index < -0.39 is 0 Å². The Hall–Kier alpha value is -1.96. The first-order valence-electron chi connectivity index (χ1n) is 6.63. The molecule has 2 heteroatoms. The predicted octanol–water partition coefficient (Wildman–Crippen LogP) is 3.94. The molecule has 0 aromatic heterocycles. The van der Waals surface area contributed by atoms with Crippen molar-refractivity contribution in [1.29, 1.82) is 0 Å². The van der Waals surface area contributed by atoms with Crippen LogP contribution in [-0.4, -0.2) is 7.11 Å². The molecule has 0 bridgehead atoms. The maximum Gasteiger partial charge on any atom is 0.132 e. The second kappa shape index (κ2) is 4.61. The molecule has 0 fully saturated rings. The summed E-state index contributed by atoms with van der Waals surface area (Å²) in [7, 11) is 1.69. The molecule has 1 unspecified atom stereocenters. The van der Waals surface area contributed by atoms with Gasteiger partial charge in [0.1, 0.15) is 17.1 Å². The lowest BCUT2D eigenvalue weighted by Gasteiger charge is -2.36. The molecule has 1 aliphatic heterocycles. The first-order chi connectivity index (χ1) is 9.21. The van der Waals surface area contributed by atoms with Gasteiger partial charge in [-0.1, -0.05) is 30.3 Å². The Bertz CT molecular complexity index is 591. The number of fused-ring (bicyclic) bond motifs is 1. The molecule has 0 aliphatic carbocycles. The lowest BCUT2D eigenvalue weighted by Crippen LogP contribution is -2.33. The highest BCUT2D eigenvalue weighted by Gasteiger charge is 2.33. The van der Waals surface area contributed by atoms with Gasteiger partial charge in [0.15, 0.2) is 0 Å². The highest BCUT2D eigenvalue weighted by Crippen LogP contribution is 2.39. The van der Waals surface area contributed by atoms with Crippen LogP contribution >= 0.6 is 0 Å². The zero-order chi connectivity index (χ0) is 13.3. The highest BCUT2D eigenvalue weighted by molar-refractivity contribution is 5.39. The van der Waals surface area contributed by atoms with E-state index in [0.29, 0.717) is 0 Å². The zero-order valence-electron chi connectivity index (χ0n) is 11.3. The van der Waals surface area contributed by atoms with Gasteiger partial charge in [0.05, 0.1) is 7.11 Å². The molecule has 2 nitrogen and oxygen atoms in total. The van der Waals surface area contributed by atoms with Gasteiger partial charge in [-0.15, -0.1) is 0 Å². The average Bonchev–Trinajstić information content (AvgIpc) is 2.47. The van der Waals surface area contributed by atoms with E-state index in [4.69, 9.17) is 9.47 Å². The van der Waals surface area contributed by atoms with Crippen molar-refractivity contribution in [2.75, 3.05) is 7.11 Å². The fourth-order valence-corrected chi connectivity index (χ4v) is 2.63. The molecule has 2 aromatic carbocycles. The van der Waals surface area contributed by atoms with Crippen molar-refractivity contribution >= 4 is 0 Å². The normalized spacial score (nSPS) is 21.4. The third-order valence-electron chi connectivity index (χ3n) is 3.86. The van der Waals surface area contributed by atoms with E-state index >= 15 is 0 Å². The van der Waals surface area contributed by atoms with Crippen LogP contribution in [-0.2, 0) is 12.0 Å². The van der Waals surface area contributed by atoms with Crippen LogP contribution in [0.3, 0.4) is 0 Å². The molecular formula is C17H18O2. The van der Waals surface area contributed by atoms with Crippen LogP contribution < -0.4 is 9.47 Å². The largest absolute Gasteiger partial charge is 0.497 e. The van der Waals surface area contributed by atoms with Gasteiger partial charge in [-0.3, -0.25) is 0 Å². The van der Waals surface area contributed by atoms with Crippen LogP contribution in [0.2, 0.25) is 0 Å². The first-order valence-corrected chi connectivity index (χ1v) is 6.63. The summed E-state index contributed by atoms with van der Waals surface area (Å²) in [5.74, 6) is 1.88. The number of benzene rings is 2. The summed E-state index contributed by atoms with van der Waals surface area (Å²) in [5, 5.41) is 0. The van der Waals surface area contributed by atoms with Crippen LogP contribution in [0, 0.1) is 0 Å². The fourth-order valence-electron chi connectivity index (χ4n) is 2.63. The second-order valence-electron chi connectivity index (χ2n) is 5.17. The molecule has 0 saturated carbocycles. The van der Waals surface area contributed by atoms with Gasteiger partial charge in [0.2, 0.25) is 0 Å². The maximum absolute atomic E-state index is 6.25. The summed E-state index contributed by atoms with van der Waals surface area (Å²) in [6.45, 7) is 2.15. The molecule has 2 aromatic rings. The average molecular weight is 254 g/mol. The molecule has 19 heavy (non-hydrogen) atoms. The van der Waals surface area contributed by atoms with E-state index in [9.17, 15) is 0 Å². The van der Waals surface area contributed by atoms with E-state index in [1.54, 1.807) is 7.11 Å². The van der Waals surface area contributed by atoms with Gasteiger partial charge in [-0.05, 0) is 49.1 Å². The number of methoxy groups -OCH3 is 1. The Morgan fingerprint density at radius 3 is 2.79 bits per heavy atom. The van der Waals surface area contributed by atoms with Gasteiger partial charge in [0, 0.05) is 0 Å². The van der Waals surface area contributed by atoms with Crippen molar-refractivity contribution in [3.63, 3.8) is 0 Å². The van der Waals surface area contributed by atoms with Gasteiger partial charge in [0.25, 0.3) is 0 Å². The smallest absolute Gasteiger partial charge is 0.132 e. The number of hydrogen-bond donors (Lipinski definition) is 0. The number of ether oxygens (including phenoxy) is 2. The Labute approximate surface area is 114 Å². The highest BCUT2D eigenvalue weighted by atomic mass is 16.5. The van der Waals surface area contributed by atoms with Crippen LogP contribution in [0.15, 0.2) is 48.5 Å². The topological polar surface area (TPSA) is 18.5 Å². The Morgan fingerprint density at radius 2 is 1.95 bits per heavy atom. The third-order valence-corrected chi connectivity index (χ3v) is 3.86. The van der Waals surface area contributed by atoms with Crippen LogP contribution in [0.1, 0.15) is 24.5 Å². The standard InChI is InChI=1S/C17H18O2/c1-17(14-7-5-8-15(12-14)18-2)11-10-13-6-3-4-9-16(13)19-17/h3-9,12H,10-11H2,1-2H3. The minimum absolute atomic E-state index is 0.275. The number of para-hydroxylation sites is 1. The molecular weight excluding hydrogens is 236 g/mol. The lowest BCUT2D eigenvalue weighted by molar-refractivity contribution is 0.0623. The van der Waals surface area contributed by atoms with E-state index in [2.05, 4.69) is 31.2 Å². The first kappa shape index (κ1) is 12.1. The third kappa shape index (κ3) is 2.19. The van der Waals surface area contributed by atoms with Crippen LogP contribution in [0.25, 0.3) is 0 Å². The molecule has 0 spiro atoms. The van der Waals surface area contributed by atoms with Crippen LogP contribution in [0.4, 0.5) is 0 Å². The van der Waals surface area contributed by atoms with E-state index in [1.165, 1.54) is 11.1 Å². The Balaban J connectivity index is 1.96. The summed E-state index contributed by atoms with van der Waals surface area (Å²) < 4.78 is 11.6. The van der Waals surface area contributed by atoms with Crippen molar-refractivity contribution in [2.24, 2.45) is 0 Å². The Kier molecular flexibility index (Phi) is 2.94. The number of rotatable bonds is 2. The van der Waals surface area contributed by atoms with Crippen molar-refractivity contribution in [2.45, 2.75) is 25.4 Å². The van der Waals surface area contributed by atoms with Gasteiger partial charge >= 0.3 is 0 Å². The van der Waals surface area contributed by atoms with Gasteiger partial charge in [-0.25, -0.2) is 0 Å². The summed E-state index contributed by atoms with van der Waals surface area (Å²) in [4.78, 5) is 0. The molecule has 1 aliphatic rings. The Morgan fingerprint density at radius 1 is 1.11 bits per heavy atom. The van der Waals surface area contributed by atoms with E-state index in [0.717, 1.165) is 24.3 Å².